The number of nitrogens with two attached hydrogens (primary N) is 1. The molecule has 0 aliphatic heterocycles. The van der Waals surface area contributed by atoms with Gasteiger partial charge in [0.1, 0.15) is 0 Å². The Morgan fingerprint density at radius 1 is 1.29 bits per heavy atom. The van der Waals surface area contributed by atoms with Crippen LogP contribution in [-0.4, -0.2) is 20.8 Å². The Morgan fingerprint density at radius 2 is 2.00 bits per heavy atom. The molecular weight excluding hydrogens is 286 g/mol. The quantitative estimate of drug-likeness (QED) is 0.820. The lowest BCUT2D eigenvalue weighted by Gasteiger charge is -2.17. The second-order valence-corrected chi connectivity index (χ2v) is 4.33. The Hall–Kier alpha value is -0.780. The fourth-order valence-corrected chi connectivity index (χ4v) is 2.52. The second kappa shape index (κ2) is 6.83. The average Bonchev–Trinajstić information content (AvgIpc) is 2.36. The monoisotopic (exact) mass is 303 g/mol. The van der Waals surface area contributed by atoms with Crippen LogP contribution in [0.1, 0.15) is 18.1 Å². The van der Waals surface area contributed by atoms with Crippen LogP contribution in [0.5, 0.6) is 11.5 Å². The highest BCUT2D eigenvalue weighted by Crippen LogP contribution is 2.39. The number of methoxy groups -OCH3 is 2. The molecule has 0 saturated heterocycles. The fraction of sp³-hybridized carbons (Fsp3) is 0.500. The number of benzene rings is 1. The summed E-state index contributed by atoms with van der Waals surface area (Å²) in [5.41, 5.74) is 2.20. The van der Waals surface area contributed by atoms with Crippen LogP contribution in [0.25, 0.3) is 0 Å². The van der Waals surface area contributed by atoms with Crippen molar-refractivity contribution in [1.29, 1.82) is 0 Å². The van der Waals surface area contributed by atoms with Crippen LogP contribution < -0.4 is 15.4 Å². The Balaban J connectivity index is 3.28. The van der Waals surface area contributed by atoms with E-state index in [1.807, 2.05) is 6.07 Å². The number of hydrogen-bond donors (Lipinski definition) is 1. The Kier molecular flexibility index (Phi) is 5.74. The maximum Gasteiger partial charge on any atom is 0.165 e. The third-order valence-electron chi connectivity index (χ3n) is 2.62. The first-order valence-electron chi connectivity index (χ1n) is 5.43. The van der Waals surface area contributed by atoms with E-state index in [-0.39, 0.29) is 0 Å². The Bertz CT molecular complexity index is 383. The lowest BCUT2D eigenvalue weighted by atomic mass is 10.0. The van der Waals surface area contributed by atoms with Gasteiger partial charge in [-0.15, -0.1) is 0 Å². The maximum atomic E-state index is 5.39. The van der Waals surface area contributed by atoms with E-state index in [1.54, 1.807) is 14.2 Å². The summed E-state index contributed by atoms with van der Waals surface area (Å²) in [5, 5.41) is 0. The molecule has 0 bridgehead atoms. The first-order valence-corrected chi connectivity index (χ1v) is 6.22. The van der Waals surface area contributed by atoms with Crippen molar-refractivity contribution in [3.8, 4) is 11.5 Å². The molecule has 1 aromatic carbocycles. The SMILES string of the molecule is CCc1cc(OC)c(OC)c(CCON)c1Br. The van der Waals surface area contributed by atoms with Crippen molar-refractivity contribution in [3.05, 3.63) is 21.7 Å². The number of aryl methyl sites for hydroxylation is 1. The van der Waals surface area contributed by atoms with Crippen LogP contribution in [0.3, 0.4) is 0 Å². The first-order chi connectivity index (χ1) is 8.19. The zero-order valence-electron chi connectivity index (χ0n) is 10.4. The van der Waals surface area contributed by atoms with Crippen molar-refractivity contribution in [3.63, 3.8) is 0 Å². The second-order valence-electron chi connectivity index (χ2n) is 3.54. The highest BCUT2D eigenvalue weighted by atomic mass is 79.9. The summed E-state index contributed by atoms with van der Waals surface area (Å²) in [5.74, 6) is 6.54. The van der Waals surface area contributed by atoms with Gasteiger partial charge < -0.3 is 14.3 Å². The van der Waals surface area contributed by atoms with Crippen LogP contribution in [0.2, 0.25) is 0 Å². The minimum atomic E-state index is 0.436. The number of ether oxygens (including phenoxy) is 2. The van der Waals surface area contributed by atoms with Gasteiger partial charge in [0.25, 0.3) is 0 Å². The van der Waals surface area contributed by atoms with Gasteiger partial charge in [0.15, 0.2) is 11.5 Å². The highest BCUT2D eigenvalue weighted by Gasteiger charge is 2.17. The van der Waals surface area contributed by atoms with E-state index in [1.165, 1.54) is 5.56 Å². The zero-order chi connectivity index (χ0) is 12.8. The molecule has 1 rings (SSSR count). The van der Waals surface area contributed by atoms with Crippen molar-refractivity contribution < 1.29 is 14.3 Å². The molecule has 0 amide bonds. The topological polar surface area (TPSA) is 53.7 Å². The fourth-order valence-electron chi connectivity index (χ4n) is 1.75. The van der Waals surface area contributed by atoms with Gasteiger partial charge in [-0.05, 0) is 18.1 Å². The largest absolute Gasteiger partial charge is 0.493 e. The van der Waals surface area contributed by atoms with Gasteiger partial charge in [-0.1, -0.05) is 22.9 Å². The maximum absolute atomic E-state index is 5.39. The highest BCUT2D eigenvalue weighted by molar-refractivity contribution is 9.10. The van der Waals surface area contributed by atoms with Gasteiger partial charge in [0, 0.05) is 16.5 Å². The number of hydrogen-bond acceptors (Lipinski definition) is 4. The Labute approximate surface area is 110 Å². The van der Waals surface area contributed by atoms with Crippen LogP contribution in [0, 0.1) is 0 Å². The van der Waals surface area contributed by atoms with Crippen LogP contribution in [-0.2, 0) is 17.7 Å². The summed E-state index contributed by atoms with van der Waals surface area (Å²) in [7, 11) is 3.26. The van der Waals surface area contributed by atoms with Crippen molar-refractivity contribution >= 4 is 15.9 Å². The number of halogens is 1. The third kappa shape index (κ3) is 3.12. The molecular formula is C12H18BrNO3. The molecule has 17 heavy (non-hydrogen) atoms. The molecule has 0 aliphatic carbocycles. The van der Waals surface area contributed by atoms with Gasteiger partial charge >= 0.3 is 0 Å². The molecule has 0 unspecified atom stereocenters. The van der Waals surface area contributed by atoms with Crippen LogP contribution in [0.4, 0.5) is 0 Å². The number of rotatable bonds is 6. The molecule has 0 aromatic heterocycles. The van der Waals surface area contributed by atoms with E-state index in [0.717, 1.165) is 28.0 Å². The third-order valence-corrected chi connectivity index (χ3v) is 3.61. The van der Waals surface area contributed by atoms with E-state index in [4.69, 9.17) is 15.4 Å². The van der Waals surface area contributed by atoms with Gasteiger partial charge in [-0.3, -0.25) is 0 Å². The van der Waals surface area contributed by atoms with E-state index in [0.29, 0.717) is 13.0 Å². The Morgan fingerprint density at radius 3 is 2.47 bits per heavy atom. The molecule has 0 fully saturated rings. The summed E-state index contributed by atoms with van der Waals surface area (Å²) in [6.45, 7) is 2.53. The van der Waals surface area contributed by atoms with Gasteiger partial charge in [0.05, 0.1) is 20.8 Å². The molecule has 96 valence electrons. The van der Waals surface area contributed by atoms with Crippen molar-refractivity contribution in [2.75, 3.05) is 20.8 Å². The van der Waals surface area contributed by atoms with E-state index in [2.05, 4.69) is 27.7 Å². The summed E-state index contributed by atoms with van der Waals surface area (Å²) < 4.78 is 11.8. The summed E-state index contributed by atoms with van der Waals surface area (Å²) >= 11 is 3.59. The molecule has 5 heteroatoms. The first kappa shape index (κ1) is 14.3. The minimum Gasteiger partial charge on any atom is -0.493 e. The van der Waals surface area contributed by atoms with Crippen LogP contribution >= 0.6 is 15.9 Å². The van der Waals surface area contributed by atoms with Crippen molar-refractivity contribution in [2.24, 2.45) is 5.90 Å². The lowest BCUT2D eigenvalue weighted by Crippen LogP contribution is -2.07. The van der Waals surface area contributed by atoms with Crippen molar-refractivity contribution in [2.45, 2.75) is 19.8 Å². The van der Waals surface area contributed by atoms with Crippen LogP contribution in [0.15, 0.2) is 10.5 Å². The van der Waals surface area contributed by atoms with E-state index < -0.39 is 0 Å². The molecule has 1 aromatic rings. The molecule has 0 spiro atoms. The van der Waals surface area contributed by atoms with Crippen molar-refractivity contribution in [1.82, 2.24) is 0 Å². The summed E-state index contributed by atoms with van der Waals surface area (Å²) in [6, 6.07) is 1.98. The lowest BCUT2D eigenvalue weighted by molar-refractivity contribution is 0.140. The van der Waals surface area contributed by atoms with E-state index in [9.17, 15) is 0 Å². The smallest absolute Gasteiger partial charge is 0.165 e. The predicted molar refractivity (Wildman–Crippen MR) is 70.5 cm³/mol. The predicted octanol–water partition coefficient (Wildman–Crippen LogP) is 2.46. The van der Waals surface area contributed by atoms with Gasteiger partial charge in [0.2, 0.25) is 0 Å². The molecule has 0 aliphatic rings. The zero-order valence-corrected chi connectivity index (χ0v) is 12.0. The molecule has 2 N–H and O–H groups in total. The minimum absolute atomic E-state index is 0.436. The summed E-state index contributed by atoms with van der Waals surface area (Å²) in [4.78, 5) is 4.63. The molecule has 0 saturated carbocycles. The molecule has 4 nitrogen and oxygen atoms in total. The molecule has 0 atom stereocenters. The average molecular weight is 304 g/mol. The van der Waals surface area contributed by atoms with Gasteiger partial charge in [-0.2, -0.15) is 0 Å². The normalized spacial score (nSPS) is 10.4. The van der Waals surface area contributed by atoms with Gasteiger partial charge in [-0.25, -0.2) is 5.90 Å². The molecule has 0 radical (unpaired) electrons. The molecule has 0 heterocycles. The standard InChI is InChI=1S/C12H18BrNO3/c1-4-8-7-10(15-2)12(16-3)9(11(8)13)5-6-17-14/h7H,4-6,14H2,1-3H3. The van der Waals surface area contributed by atoms with E-state index >= 15 is 0 Å². The summed E-state index contributed by atoms with van der Waals surface area (Å²) in [6.07, 6.45) is 1.59.